The Kier molecular flexibility index (Phi) is 6.65. The molecule has 12 heteroatoms. The predicted octanol–water partition coefficient (Wildman–Crippen LogP) is 5.89. The van der Waals surface area contributed by atoms with Crippen molar-refractivity contribution in [2.45, 2.75) is 18.9 Å². The molecule has 6 nitrogen and oxygen atoms in total. The van der Waals surface area contributed by atoms with Crippen molar-refractivity contribution in [1.29, 1.82) is 0 Å². The molecule has 0 saturated heterocycles. The summed E-state index contributed by atoms with van der Waals surface area (Å²) >= 11 is 0. The lowest BCUT2D eigenvalue weighted by molar-refractivity contribution is -0.143. The van der Waals surface area contributed by atoms with Gasteiger partial charge in [-0.1, -0.05) is 0 Å². The first-order valence-corrected chi connectivity index (χ1v) is 9.20. The highest BCUT2D eigenvalue weighted by Gasteiger charge is 2.37. The maximum absolute atomic E-state index is 13.0. The van der Waals surface area contributed by atoms with Gasteiger partial charge < -0.3 is 20.4 Å². The minimum atomic E-state index is -5.07. The van der Waals surface area contributed by atoms with Gasteiger partial charge in [0.1, 0.15) is 5.76 Å². The number of benzene rings is 2. The minimum absolute atomic E-state index is 0.0613. The van der Waals surface area contributed by atoms with E-state index < -0.39 is 41.0 Å². The molecule has 3 aromatic rings. The Morgan fingerprint density at radius 2 is 1.33 bits per heavy atom. The molecule has 1 heterocycles. The molecule has 0 fully saturated rings. The number of hydrogen-bond donors (Lipinski definition) is 3. The van der Waals surface area contributed by atoms with Crippen LogP contribution in [0.2, 0.25) is 0 Å². The molecule has 174 valence electrons. The molecule has 3 N–H and O–H groups in total. The van der Waals surface area contributed by atoms with Crippen LogP contribution in [0.3, 0.4) is 0 Å². The SMILES string of the molecule is O=C(NCc1ccco1)Nc1ccc(NC(=O)c2cc(C(F)(F)F)cc(C(F)(F)F)c2)cc1. The molecular weight excluding hydrogens is 456 g/mol. The van der Waals surface area contributed by atoms with Gasteiger partial charge in [0.15, 0.2) is 0 Å². The van der Waals surface area contributed by atoms with E-state index in [1.54, 1.807) is 12.1 Å². The van der Waals surface area contributed by atoms with Crippen LogP contribution in [-0.4, -0.2) is 11.9 Å². The second kappa shape index (κ2) is 9.27. The number of rotatable bonds is 5. The molecular formula is C21H15F6N3O3. The monoisotopic (exact) mass is 471 g/mol. The van der Waals surface area contributed by atoms with Gasteiger partial charge in [-0.2, -0.15) is 26.3 Å². The van der Waals surface area contributed by atoms with Gasteiger partial charge in [0.2, 0.25) is 0 Å². The highest BCUT2D eigenvalue weighted by molar-refractivity contribution is 6.04. The molecule has 2 aromatic carbocycles. The van der Waals surface area contributed by atoms with Gasteiger partial charge in [0.25, 0.3) is 5.91 Å². The zero-order valence-corrected chi connectivity index (χ0v) is 16.5. The number of halogens is 6. The summed E-state index contributed by atoms with van der Waals surface area (Å²) in [5.74, 6) is -0.630. The molecule has 0 radical (unpaired) electrons. The number of carbonyl (C=O) groups excluding carboxylic acids is 2. The van der Waals surface area contributed by atoms with Crippen molar-refractivity contribution in [3.8, 4) is 0 Å². The highest BCUT2D eigenvalue weighted by atomic mass is 19.4. The standard InChI is InChI=1S/C21H15F6N3O3/c22-20(23,24)13-8-12(9-14(10-13)21(25,26)27)18(31)29-15-3-5-16(6-4-15)30-19(32)28-11-17-2-1-7-33-17/h1-10H,11H2,(H,29,31)(H2,28,30,32). The third kappa shape index (κ3) is 6.51. The molecule has 0 aliphatic heterocycles. The van der Waals surface area contributed by atoms with Crippen LogP contribution in [0.1, 0.15) is 27.2 Å². The molecule has 0 aliphatic carbocycles. The molecule has 0 spiro atoms. The molecule has 1 aromatic heterocycles. The highest BCUT2D eigenvalue weighted by Crippen LogP contribution is 2.36. The first kappa shape index (κ1) is 23.7. The van der Waals surface area contributed by atoms with Crippen LogP contribution in [0.4, 0.5) is 42.5 Å². The number of furan rings is 1. The summed E-state index contributed by atoms with van der Waals surface area (Å²) in [5.41, 5.74) is -3.59. The van der Waals surface area contributed by atoms with Crippen molar-refractivity contribution >= 4 is 23.3 Å². The summed E-state index contributed by atoms with van der Waals surface area (Å²) in [6, 6.07) is 8.79. The molecule has 3 rings (SSSR count). The van der Waals surface area contributed by atoms with Crippen molar-refractivity contribution in [2.75, 3.05) is 10.6 Å². The maximum atomic E-state index is 13.0. The number of urea groups is 1. The normalized spacial score (nSPS) is 11.7. The first-order valence-electron chi connectivity index (χ1n) is 9.20. The molecule has 0 saturated carbocycles. The topological polar surface area (TPSA) is 83.4 Å². The van der Waals surface area contributed by atoms with E-state index in [1.807, 2.05) is 0 Å². The predicted molar refractivity (Wildman–Crippen MR) is 105 cm³/mol. The van der Waals surface area contributed by atoms with Crippen LogP contribution >= 0.6 is 0 Å². The molecule has 0 unspecified atom stereocenters. The molecule has 0 aliphatic rings. The van der Waals surface area contributed by atoms with Gasteiger partial charge in [0.05, 0.1) is 23.9 Å². The summed E-state index contributed by atoms with van der Waals surface area (Å²) in [6.07, 6.45) is -8.69. The number of anilines is 2. The van der Waals surface area contributed by atoms with Crippen LogP contribution in [0, 0.1) is 0 Å². The molecule has 0 bridgehead atoms. The summed E-state index contributed by atoms with van der Waals surface area (Å²) < 4.78 is 82.9. The summed E-state index contributed by atoms with van der Waals surface area (Å²) in [5, 5.41) is 7.28. The average molecular weight is 471 g/mol. The van der Waals surface area contributed by atoms with Gasteiger partial charge in [-0.15, -0.1) is 0 Å². The van der Waals surface area contributed by atoms with E-state index in [-0.39, 0.29) is 18.3 Å². The quantitative estimate of drug-likeness (QED) is 0.406. The number of hydrogen-bond acceptors (Lipinski definition) is 3. The minimum Gasteiger partial charge on any atom is -0.467 e. The van der Waals surface area contributed by atoms with E-state index in [4.69, 9.17) is 4.42 Å². The van der Waals surface area contributed by atoms with Crippen molar-refractivity contribution in [1.82, 2.24) is 5.32 Å². The Labute approximate surface area is 182 Å². The molecule has 0 atom stereocenters. The third-order valence-electron chi connectivity index (χ3n) is 4.25. The van der Waals surface area contributed by atoms with Crippen LogP contribution < -0.4 is 16.0 Å². The molecule has 3 amide bonds. The second-order valence-corrected chi connectivity index (χ2v) is 6.71. The lowest BCUT2D eigenvalue weighted by Gasteiger charge is -2.14. The molecule has 33 heavy (non-hydrogen) atoms. The Bertz CT molecular complexity index is 1090. The second-order valence-electron chi connectivity index (χ2n) is 6.71. The van der Waals surface area contributed by atoms with E-state index >= 15 is 0 Å². The average Bonchev–Trinajstić information content (AvgIpc) is 3.26. The van der Waals surface area contributed by atoms with Gasteiger partial charge in [0, 0.05) is 16.9 Å². The van der Waals surface area contributed by atoms with Crippen LogP contribution in [0.5, 0.6) is 0 Å². The van der Waals surface area contributed by atoms with Gasteiger partial charge in [-0.3, -0.25) is 4.79 Å². The van der Waals surface area contributed by atoms with Crippen LogP contribution in [0.15, 0.2) is 65.3 Å². The lowest BCUT2D eigenvalue weighted by atomic mass is 10.0. The van der Waals surface area contributed by atoms with Crippen LogP contribution in [-0.2, 0) is 18.9 Å². The van der Waals surface area contributed by atoms with Gasteiger partial charge in [-0.25, -0.2) is 4.79 Å². The van der Waals surface area contributed by atoms with E-state index in [9.17, 15) is 35.9 Å². The fourth-order valence-electron chi connectivity index (χ4n) is 2.68. The summed E-state index contributed by atoms with van der Waals surface area (Å²) in [7, 11) is 0. The van der Waals surface area contributed by atoms with E-state index in [1.165, 1.54) is 30.5 Å². The van der Waals surface area contributed by atoms with E-state index in [2.05, 4.69) is 16.0 Å². The lowest BCUT2D eigenvalue weighted by Crippen LogP contribution is -2.27. The largest absolute Gasteiger partial charge is 0.467 e. The summed E-state index contributed by atoms with van der Waals surface area (Å²) in [6.45, 7) is 0.143. The zero-order valence-electron chi connectivity index (χ0n) is 16.5. The Balaban J connectivity index is 1.67. The number of alkyl halides is 6. The fraction of sp³-hybridized carbons (Fsp3) is 0.143. The smallest absolute Gasteiger partial charge is 0.416 e. The van der Waals surface area contributed by atoms with E-state index in [0.29, 0.717) is 23.6 Å². The number of carbonyl (C=O) groups is 2. The van der Waals surface area contributed by atoms with Crippen molar-refractivity contribution in [2.24, 2.45) is 0 Å². The van der Waals surface area contributed by atoms with Crippen LogP contribution in [0.25, 0.3) is 0 Å². The fourth-order valence-corrected chi connectivity index (χ4v) is 2.68. The van der Waals surface area contributed by atoms with Gasteiger partial charge >= 0.3 is 18.4 Å². The van der Waals surface area contributed by atoms with Crippen molar-refractivity contribution < 1.29 is 40.3 Å². The van der Waals surface area contributed by atoms with Crippen molar-refractivity contribution in [3.05, 3.63) is 83.3 Å². The van der Waals surface area contributed by atoms with E-state index in [0.717, 1.165) is 0 Å². The van der Waals surface area contributed by atoms with Gasteiger partial charge in [-0.05, 0) is 54.6 Å². The Morgan fingerprint density at radius 3 is 1.82 bits per heavy atom. The number of amides is 3. The van der Waals surface area contributed by atoms with Crippen molar-refractivity contribution in [3.63, 3.8) is 0 Å². The zero-order chi connectivity index (χ0) is 24.2. The Morgan fingerprint density at radius 1 is 0.788 bits per heavy atom. The summed E-state index contributed by atoms with van der Waals surface area (Å²) in [4.78, 5) is 24.2. The number of nitrogens with one attached hydrogen (secondary N) is 3. The third-order valence-corrected chi connectivity index (χ3v) is 4.25. The Hall–Kier alpha value is -3.96. The maximum Gasteiger partial charge on any atom is 0.416 e. The first-order chi connectivity index (χ1) is 15.4.